The van der Waals surface area contributed by atoms with Gasteiger partial charge in [-0.15, -0.1) is 0 Å². The maximum Gasteiger partial charge on any atom is 0.243 e. The fourth-order valence-electron chi connectivity index (χ4n) is 4.34. The summed E-state index contributed by atoms with van der Waals surface area (Å²) in [6.07, 6.45) is 3.82. The fourth-order valence-corrected chi connectivity index (χ4v) is 4.34. The van der Waals surface area contributed by atoms with E-state index in [9.17, 15) is 9.59 Å². The molecular formula is C26H32N4O4. The summed E-state index contributed by atoms with van der Waals surface area (Å²) in [7, 11) is 0. The molecule has 8 heteroatoms. The first-order chi connectivity index (χ1) is 16.6. The number of para-hydroxylation sites is 1. The molecule has 2 heterocycles. The number of hydrogen-bond acceptors (Lipinski definition) is 5. The molecule has 3 aromatic rings. The fraction of sp³-hybridized carbons (Fsp3) is 0.385. The van der Waals surface area contributed by atoms with Gasteiger partial charge in [-0.05, 0) is 42.2 Å². The zero-order valence-corrected chi connectivity index (χ0v) is 19.3. The van der Waals surface area contributed by atoms with Crippen molar-refractivity contribution in [2.45, 2.75) is 25.7 Å². The van der Waals surface area contributed by atoms with Gasteiger partial charge in [-0.1, -0.05) is 30.3 Å². The van der Waals surface area contributed by atoms with Gasteiger partial charge in [-0.3, -0.25) is 19.7 Å². The Morgan fingerprint density at radius 2 is 1.79 bits per heavy atom. The highest BCUT2D eigenvalue weighted by atomic mass is 16.5. The van der Waals surface area contributed by atoms with Crippen LogP contribution >= 0.6 is 0 Å². The van der Waals surface area contributed by atoms with Crippen LogP contribution < -0.4 is 10.4 Å². The number of benzene rings is 2. The highest BCUT2D eigenvalue weighted by Gasteiger charge is 2.19. The van der Waals surface area contributed by atoms with E-state index in [-0.39, 0.29) is 12.3 Å². The lowest BCUT2D eigenvalue weighted by Gasteiger charge is -2.30. The number of aromatic amines is 1. The molecule has 1 aliphatic rings. The molecule has 8 nitrogen and oxygen atoms in total. The molecule has 0 atom stereocenters. The molecule has 2 aromatic carbocycles. The van der Waals surface area contributed by atoms with E-state index < -0.39 is 5.91 Å². The van der Waals surface area contributed by atoms with Crippen LogP contribution in [0.25, 0.3) is 10.9 Å². The molecule has 1 fully saturated rings. The van der Waals surface area contributed by atoms with E-state index in [2.05, 4.69) is 16.0 Å². The lowest BCUT2D eigenvalue weighted by Crippen LogP contribution is -2.43. The van der Waals surface area contributed by atoms with E-state index in [1.807, 2.05) is 53.6 Å². The van der Waals surface area contributed by atoms with E-state index in [0.29, 0.717) is 25.8 Å². The van der Waals surface area contributed by atoms with Crippen LogP contribution in [0.5, 0.6) is 0 Å². The van der Waals surface area contributed by atoms with Crippen LogP contribution in [-0.4, -0.2) is 66.3 Å². The van der Waals surface area contributed by atoms with Crippen molar-refractivity contribution in [2.24, 2.45) is 0 Å². The van der Waals surface area contributed by atoms with E-state index in [1.165, 1.54) is 0 Å². The molecule has 0 radical (unpaired) electrons. The van der Waals surface area contributed by atoms with E-state index in [1.54, 1.807) is 5.48 Å². The number of H-pyrrole nitrogens is 1. The highest BCUT2D eigenvalue weighted by Crippen LogP contribution is 2.22. The zero-order valence-electron chi connectivity index (χ0n) is 19.3. The Labute approximate surface area is 199 Å². The van der Waals surface area contributed by atoms with Crippen LogP contribution in [0.3, 0.4) is 0 Å². The number of aromatic nitrogens is 1. The molecule has 1 saturated heterocycles. The van der Waals surface area contributed by atoms with Crippen LogP contribution in [0.2, 0.25) is 0 Å². The number of nitrogens with one attached hydrogen (secondary N) is 2. The van der Waals surface area contributed by atoms with E-state index in [0.717, 1.165) is 60.6 Å². The summed E-state index contributed by atoms with van der Waals surface area (Å²) in [5.41, 5.74) is 5.72. The molecule has 3 N–H and O–H groups in total. The highest BCUT2D eigenvalue weighted by molar-refractivity contribution is 5.94. The lowest BCUT2D eigenvalue weighted by molar-refractivity contribution is -0.129. The number of nitrogens with zero attached hydrogens (tertiary/aromatic N) is 2. The summed E-state index contributed by atoms with van der Waals surface area (Å²) in [6.45, 7) is 4.61. The molecule has 0 aliphatic carbocycles. The lowest BCUT2D eigenvalue weighted by atomic mass is 10.1. The second-order valence-electron chi connectivity index (χ2n) is 8.56. The monoisotopic (exact) mass is 464 g/mol. The van der Waals surface area contributed by atoms with E-state index >= 15 is 0 Å². The standard InChI is InChI=1S/C26H32N4O4/c31-25(28-33)11-7-20-5-9-22(10-6-20)30(14-13-29-15-17-34-18-16-29)26(32)12-8-21-19-27-24-4-2-1-3-23(21)24/h1-6,9-10,19,27,33H,7-8,11-18H2,(H,28,31). The molecule has 180 valence electrons. The topological polar surface area (TPSA) is 97.9 Å². The van der Waals surface area contributed by atoms with Crippen LogP contribution in [0.15, 0.2) is 54.7 Å². The van der Waals surface area contributed by atoms with Crippen molar-refractivity contribution < 1.29 is 19.5 Å². The second kappa shape index (κ2) is 11.8. The molecule has 0 unspecified atom stereocenters. The van der Waals surface area contributed by atoms with Crippen molar-refractivity contribution in [1.82, 2.24) is 15.4 Å². The molecule has 34 heavy (non-hydrogen) atoms. The zero-order chi connectivity index (χ0) is 23.8. The van der Waals surface area contributed by atoms with Gasteiger partial charge >= 0.3 is 0 Å². The Bertz CT molecular complexity index is 1090. The van der Waals surface area contributed by atoms with Crippen molar-refractivity contribution in [2.75, 3.05) is 44.3 Å². The van der Waals surface area contributed by atoms with Crippen molar-refractivity contribution in [3.05, 3.63) is 65.9 Å². The predicted octanol–water partition coefficient (Wildman–Crippen LogP) is 2.90. The van der Waals surface area contributed by atoms with E-state index in [4.69, 9.17) is 9.94 Å². The van der Waals surface area contributed by atoms with Crippen LogP contribution in [-0.2, 0) is 27.2 Å². The number of rotatable bonds is 10. The Morgan fingerprint density at radius 3 is 2.56 bits per heavy atom. The number of morpholine rings is 1. The molecular weight excluding hydrogens is 432 g/mol. The first-order valence-corrected chi connectivity index (χ1v) is 11.8. The van der Waals surface area contributed by atoms with Crippen LogP contribution in [0, 0.1) is 0 Å². The van der Waals surface area contributed by atoms with Gasteiger partial charge in [0.05, 0.1) is 13.2 Å². The third kappa shape index (κ3) is 6.22. The predicted molar refractivity (Wildman–Crippen MR) is 131 cm³/mol. The summed E-state index contributed by atoms with van der Waals surface area (Å²) >= 11 is 0. The van der Waals surface area contributed by atoms with Gasteiger partial charge in [0.25, 0.3) is 0 Å². The number of hydroxylamine groups is 1. The minimum Gasteiger partial charge on any atom is -0.379 e. The van der Waals surface area contributed by atoms with Gasteiger partial charge in [0.2, 0.25) is 11.8 Å². The summed E-state index contributed by atoms with van der Waals surface area (Å²) in [6, 6.07) is 15.9. The molecule has 4 rings (SSSR count). The summed E-state index contributed by atoms with van der Waals surface area (Å²) in [5.74, 6) is -0.324. The van der Waals surface area contributed by atoms with Gasteiger partial charge in [0.1, 0.15) is 0 Å². The number of amides is 2. The number of carbonyl (C=O) groups is 2. The summed E-state index contributed by atoms with van der Waals surface area (Å²) in [4.78, 5) is 32.2. The number of fused-ring (bicyclic) bond motifs is 1. The molecule has 2 amide bonds. The summed E-state index contributed by atoms with van der Waals surface area (Å²) in [5, 5.41) is 9.84. The molecule has 1 aliphatic heterocycles. The van der Waals surface area contributed by atoms with Gasteiger partial charge in [-0.2, -0.15) is 0 Å². The molecule has 0 saturated carbocycles. The number of aryl methyl sites for hydroxylation is 2. The average Bonchev–Trinajstić information content (AvgIpc) is 3.30. The Morgan fingerprint density at radius 1 is 1.03 bits per heavy atom. The first kappa shape index (κ1) is 23.9. The number of ether oxygens (including phenoxy) is 1. The van der Waals surface area contributed by atoms with Crippen molar-refractivity contribution in [3.8, 4) is 0 Å². The second-order valence-corrected chi connectivity index (χ2v) is 8.56. The van der Waals surface area contributed by atoms with Gasteiger partial charge in [-0.25, -0.2) is 5.48 Å². The number of hydrogen-bond donors (Lipinski definition) is 3. The van der Waals surface area contributed by atoms with Gasteiger partial charge in [0.15, 0.2) is 0 Å². The van der Waals surface area contributed by atoms with Gasteiger partial charge in [0, 0.05) is 61.8 Å². The Hall–Kier alpha value is -3.20. The first-order valence-electron chi connectivity index (χ1n) is 11.8. The Kier molecular flexibility index (Phi) is 8.30. The quantitative estimate of drug-likeness (QED) is 0.317. The van der Waals surface area contributed by atoms with Crippen LogP contribution in [0.4, 0.5) is 5.69 Å². The average molecular weight is 465 g/mol. The van der Waals surface area contributed by atoms with Crippen LogP contribution in [0.1, 0.15) is 24.0 Å². The molecule has 0 spiro atoms. The Balaban J connectivity index is 1.44. The number of anilines is 1. The molecule has 0 bridgehead atoms. The van der Waals surface area contributed by atoms with Crippen molar-refractivity contribution in [1.29, 1.82) is 0 Å². The third-order valence-electron chi connectivity index (χ3n) is 6.34. The minimum atomic E-state index is -0.413. The molecule has 1 aromatic heterocycles. The normalized spacial score (nSPS) is 14.3. The summed E-state index contributed by atoms with van der Waals surface area (Å²) < 4.78 is 5.45. The van der Waals surface area contributed by atoms with Crippen molar-refractivity contribution in [3.63, 3.8) is 0 Å². The van der Waals surface area contributed by atoms with Crippen molar-refractivity contribution >= 4 is 28.4 Å². The smallest absolute Gasteiger partial charge is 0.243 e. The SMILES string of the molecule is O=C(CCc1ccc(N(CCN2CCOCC2)C(=O)CCc2c[nH]c3ccccc23)cc1)NO. The van der Waals surface area contributed by atoms with Gasteiger partial charge < -0.3 is 14.6 Å². The third-order valence-corrected chi connectivity index (χ3v) is 6.34. The largest absolute Gasteiger partial charge is 0.379 e. The number of carbonyl (C=O) groups excluding carboxylic acids is 2. The maximum atomic E-state index is 13.4. The maximum absolute atomic E-state index is 13.4. The minimum absolute atomic E-state index is 0.0888.